The predicted octanol–water partition coefficient (Wildman–Crippen LogP) is 0.370. The number of amides is 1. The van der Waals surface area contributed by atoms with E-state index in [0.717, 1.165) is 0 Å². The van der Waals surface area contributed by atoms with Gasteiger partial charge in [-0.1, -0.05) is 0 Å². The van der Waals surface area contributed by atoms with Crippen LogP contribution in [0.4, 0.5) is 0 Å². The fourth-order valence-electron chi connectivity index (χ4n) is 2.58. The largest absolute Gasteiger partial charge is 0.481 e. The molecule has 3 rings (SSSR count). The highest BCUT2D eigenvalue weighted by atomic mass is 16.4. The average Bonchev–Trinajstić information content (AvgIpc) is 3.06. The van der Waals surface area contributed by atoms with Crippen molar-refractivity contribution in [3.05, 3.63) is 23.8 Å². The SMILES string of the molecule is Cc1c(C(=O)N2CCC(C)(C(=O)O)C2)cnc2ncnn12. The van der Waals surface area contributed by atoms with E-state index in [0.29, 0.717) is 30.0 Å². The molecule has 1 aliphatic heterocycles. The fourth-order valence-corrected chi connectivity index (χ4v) is 2.58. The lowest BCUT2D eigenvalue weighted by Crippen LogP contribution is -2.35. The molecule has 1 aliphatic rings. The molecule has 0 spiro atoms. The molecule has 21 heavy (non-hydrogen) atoms. The fraction of sp³-hybridized carbons (Fsp3) is 0.462. The first-order valence-corrected chi connectivity index (χ1v) is 6.60. The smallest absolute Gasteiger partial charge is 0.311 e. The van der Waals surface area contributed by atoms with Crippen molar-refractivity contribution in [1.82, 2.24) is 24.5 Å². The third-order valence-electron chi connectivity index (χ3n) is 4.05. The molecular weight excluding hydrogens is 274 g/mol. The second-order valence-corrected chi connectivity index (χ2v) is 5.57. The summed E-state index contributed by atoms with van der Waals surface area (Å²) in [7, 11) is 0. The summed E-state index contributed by atoms with van der Waals surface area (Å²) in [4.78, 5) is 33.4. The van der Waals surface area contributed by atoms with Crippen LogP contribution in [0.3, 0.4) is 0 Å². The van der Waals surface area contributed by atoms with Gasteiger partial charge in [-0.2, -0.15) is 10.1 Å². The van der Waals surface area contributed by atoms with Crippen LogP contribution in [0.15, 0.2) is 12.5 Å². The van der Waals surface area contributed by atoms with Crippen LogP contribution in [0, 0.1) is 12.3 Å². The third kappa shape index (κ3) is 2.03. The van der Waals surface area contributed by atoms with E-state index in [1.54, 1.807) is 18.7 Å². The van der Waals surface area contributed by atoms with Gasteiger partial charge in [-0.05, 0) is 20.3 Å². The van der Waals surface area contributed by atoms with Gasteiger partial charge in [0.25, 0.3) is 11.7 Å². The number of aromatic nitrogens is 4. The van der Waals surface area contributed by atoms with Gasteiger partial charge in [-0.25, -0.2) is 9.50 Å². The Kier molecular flexibility index (Phi) is 2.89. The minimum Gasteiger partial charge on any atom is -0.481 e. The van der Waals surface area contributed by atoms with Crippen molar-refractivity contribution in [3.63, 3.8) is 0 Å². The number of hydrogen-bond acceptors (Lipinski definition) is 5. The zero-order chi connectivity index (χ0) is 15.2. The monoisotopic (exact) mass is 289 g/mol. The van der Waals surface area contributed by atoms with Crippen molar-refractivity contribution in [1.29, 1.82) is 0 Å². The van der Waals surface area contributed by atoms with Gasteiger partial charge in [-0.15, -0.1) is 0 Å². The summed E-state index contributed by atoms with van der Waals surface area (Å²) in [5.74, 6) is -0.664. The molecular formula is C13H15N5O3. The highest BCUT2D eigenvalue weighted by Crippen LogP contribution is 2.31. The topological polar surface area (TPSA) is 101 Å². The van der Waals surface area contributed by atoms with Crippen molar-refractivity contribution in [2.24, 2.45) is 5.41 Å². The lowest BCUT2D eigenvalue weighted by atomic mass is 9.90. The van der Waals surface area contributed by atoms with Crippen LogP contribution in [0.1, 0.15) is 29.4 Å². The normalized spacial score (nSPS) is 21.9. The highest BCUT2D eigenvalue weighted by molar-refractivity contribution is 5.96. The molecule has 1 atom stereocenters. The van der Waals surface area contributed by atoms with E-state index >= 15 is 0 Å². The Morgan fingerprint density at radius 3 is 2.81 bits per heavy atom. The molecule has 1 fully saturated rings. The first-order valence-electron chi connectivity index (χ1n) is 6.60. The molecule has 0 bridgehead atoms. The lowest BCUT2D eigenvalue weighted by Gasteiger charge is -2.20. The molecule has 2 aromatic heterocycles. The van der Waals surface area contributed by atoms with Gasteiger partial charge >= 0.3 is 5.97 Å². The first-order chi connectivity index (χ1) is 9.92. The Labute approximate surface area is 120 Å². The summed E-state index contributed by atoms with van der Waals surface area (Å²) in [5, 5.41) is 13.3. The number of aliphatic carboxylic acids is 1. The molecule has 8 nitrogen and oxygen atoms in total. The summed E-state index contributed by atoms with van der Waals surface area (Å²) >= 11 is 0. The van der Waals surface area contributed by atoms with Crippen LogP contribution in [0.5, 0.6) is 0 Å². The van der Waals surface area contributed by atoms with Gasteiger partial charge in [-0.3, -0.25) is 9.59 Å². The van der Waals surface area contributed by atoms with Gasteiger partial charge < -0.3 is 10.0 Å². The van der Waals surface area contributed by atoms with Crippen LogP contribution in [-0.4, -0.2) is 54.6 Å². The van der Waals surface area contributed by atoms with E-state index in [1.165, 1.54) is 17.0 Å². The van der Waals surface area contributed by atoms with Gasteiger partial charge in [0.2, 0.25) is 0 Å². The number of carbonyl (C=O) groups is 2. The molecule has 1 saturated heterocycles. The van der Waals surface area contributed by atoms with Gasteiger partial charge in [0.15, 0.2) is 0 Å². The Balaban J connectivity index is 1.91. The standard InChI is InChI=1S/C13H15N5O3/c1-8-9(5-14-12-15-7-16-18(8)12)10(19)17-4-3-13(2,6-17)11(20)21/h5,7H,3-4,6H2,1-2H3,(H,20,21). The second kappa shape index (κ2) is 4.51. The zero-order valence-corrected chi connectivity index (χ0v) is 11.8. The minimum atomic E-state index is -0.881. The van der Waals surface area contributed by atoms with E-state index in [1.807, 2.05) is 0 Å². The summed E-state index contributed by atoms with van der Waals surface area (Å²) in [6.45, 7) is 4.06. The Morgan fingerprint density at radius 2 is 2.14 bits per heavy atom. The molecule has 1 unspecified atom stereocenters. The molecule has 2 aromatic rings. The average molecular weight is 289 g/mol. The maximum absolute atomic E-state index is 12.6. The summed E-state index contributed by atoms with van der Waals surface area (Å²) in [5.41, 5.74) is 0.183. The van der Waals surface area contributed by atoms with E-state index in [9.17, 15) is 14.7 Å². The number of carboxylic acid groups (broad SMARTS) is 1. The Morgan fingerprint density at radius 1 is 1.38 bits per heavy atom. The first kappa shape index (κ1) is 13.5. The number of nitrogens with zero attached hydrogens (tertiary/aromatic N) is 5. The van der Waals surface area contributed by atoms with Gasteiger partial charge in [0.05, 0.1) is 16.7 Å². The minimum absolute atomic E-state index is 0.204. The molecule has 0 radical (unpaired) electrons. The van der Waals surface area contributed by atoms with E-state index in [4.69, 9.17) is 0 Å². The third-order valence-corrected chi connectivity index (χ3v) is 4.05. The van der Waals surface area contributed by atoms with Gasteiger partial charge in [0, 0.05) is 19.3 Å². The summed E-state index contributed by atoms with van der Waals surface area (Å²) < 4.78 is 1.50. The number of likely N-dealkylation sites (tertiary alicyclic amines) is 1. The Hall–Kier alpha value is -2.51. The number of carboxylic acids is 1. The quantitative estimate of drug-likeness (QED) is 0.857. The molecule has 0 saturated carbocycles. The van der Waals surface area contributed by atoms with Crippen LogP contribution in [0.25, 0.3) is 5.78 Å². The van der Waals surface area contributed by atoms with Crippen molar-refractivity contribution < 1.29 is 14.7 Å². The van der Waals surface area contributed by atoms with Crippen LogP contribution >= 0.6 is 0 Å². The van der Waals surface area contributed by atoms with Crippen molar-refractivity contribution in [2.75, 3.05) is 13.1 Å². The molecule has 110 valence electrons. The molecule has 0 aromatic carbocycles. The second-order valence-electron chi connectivity index (χ2n) is 5.57. The maximum Gasteiger partial charge on any atom is 0.311 e. The highest BCUT2D eigenvalue weighted by Gasteiger charge is 2.42. The lowest BCUT2D eigenvalue weighted by molar-refractivity contribution is -0.147. The number of carbonyl (C=O) groups excluding carboxylic acids is 1. The van der Waals surface area contributed by atoms with Crippen molar-refractivity contribution >= 4 is 17.7 Å². The van der Waals surface area contributed by atoms with E-state index in [2.05, 4.69) is 15.1 Å². The van der Waals surface area contributed by atoms with Gasteiger partial charge in [0.1, 0.15) is 6.33 Å². The van der Waals surface area contributed by atoms with E-state index < -0.39 is 11.4 Å². The molecule has 1 N–H and O–H groups in total. The van der Waals surface area contributed by atoms with Crippen molar-refractivity contribution in [3.8, 4) is 0 Å². The zero-order valence-electron chi connectivity index (χ0n) is 11.8. The number of fused-ring (bicyclic) bond motifs is 1. The summed E-state index contributed by atoms with van der Waals surface area (Å²) in [6, 6.07) is 0. The Bertz CT molecular complexity index is 740. The summed E-state index contributed by atoms with van der Waals surface area (Å²) in [6.07, 6.45) is 3.30. The van der Waals surface area contributed by atoms with E-state index in [-0.39, 0.29) is 12.5 Å². The van der Waals surface area contributed by atoms with Crippen LogP contribution in [0.2, 0.25) is 0 Å². The predicted molar refractivity (Wildman–Crippen MR) is 71.8 cm³/mol. The molecule has 3 heterocycles. The van der Waals surface area contributed by atoms with Crippen LogP contribution < -0.4 is 0 Å². The molecule has 1 amide bonds. The number of rotatable bonds is 2. The molecule has 8 heteroatoms. The van der Waals surface area contributed by atoms with Crippen LogP contribution in [-0.2, 0) is 4.79 Å². The number of hydrogen-bond donors (Lipinski definition) is 1. The number of aryl methyl sites for hydroxylation is 1. The van der Waals surface area contributed by atoms with Crippen molar-refractivity contribution in [2.45, 2.75) is 20.3 Å². The molecule has 0 aliphatic carbocycles. The maximum atomic E-state index is 12.6.